The summed E-state index contributed by atoms with van der Waals surface area (Å²) in [5, 5.41) is 12.6. The van der Waals surface area contributed by atoms with E-state index in [1.54, 1.807) is 17.8 Å². The Morgan fingerprint density at radius 2 is 2.38 bits per heavy atom. The predicted molar refractivity (Wildman–Crippen MR) is 68.9 cm³/mol. The SMILES string of the molecule is O=C(O)C1CSC(c2cc(Cl)ccc2Br)N1. The zero-order chi connectivity index (χ0) is 11.7. The maximum Gasteiger partial charge on any atom is 0.321 e. The molecule has 0 spiro atoms. The van der Waals surface area contributed by atoms with Gasteiger partial charge in [0.05, 0.1) is 5.37 Å². The molecule has 86 valence electrons. The van der Waals surface area contributed by atoms with Crippen molar-refractivity contribution in [1.29, 1.82) is 0 Å². The van der Waals surface area contributed by atoms with Gasteiger partial charge in [0.2, 0.25) is 0 Å². The van der Waals surface area contributed by atoms with Gasteiger partial charge < -0.3 is 5.11 Å². The molecule has 0 bridgehead atoms. The number of rotatable bonds is 2. The van der Waals surface area contributed by atoms with E-state index in [1.165, 1.54) is 0 Å². The first-order valence-corrected chi connectivity index (χ1v) is 6.85. The highest BCUT2D eigenvalue weighted by Crippen LogP contribution is 2.37. The molecule has 1 aliphatic heterocycles. The summed E-state index contributed by atoms with van der Waals surface area (Å²) in [7, 11) is 0. The molecule has 1 aliphatic rings. The molecule has 0 amide bonds. The van der Waals surface area contributed by atoms with Crippen molar-refractivity contribution in [2.75, 3.05) is 5.75 Å². The summed E-state index contributed by atoms with van der Waals surface area (Å²) in [5.41, 5.74) is 0.987. The van der Waals surface area contributed by atoms with E-state index >= 15 is 0 Å². The van der Waals surface area contributed by atoms with Crippen molar-refractivity contribution in [2.24, 2.45) is 0 Å². The van der Waals surface area contributed by atoms with Crippen LogP contribution in [-0.4, -0.2) is 22.9 Å². The Hall–Kier alpha value is -0.230. The fourth-order valence-corrected chi connectivity index (χ4v) is 3.58. The van der Waals surface area contributed by atoms with Crippen molar-refractivity contribution < 1.29 is 9.90 Å². The maximum atomic E-state index is 10.8. The van der Waals surface area contributed by atoms with Crippen molar-refractivity contribution >= 4 is 45.3 Å². The lowest BCUT2D eigenvalue weighted by atomic mass is 10.2. The molecule has 0 radical (unpaired) electrons. The van der Waals surface area contributed by atoms with E-state index in [-0.39, 0.29) is 5.37 Å². The minimum Gasteiger partial charge on any atom is -0.480 e. The van der Waals surface area contributed by atoms with Gasteiger partial charge in [-0.05, 0) is 23.8 Å². The second-order valence-electron chi connectivity index (χ2n) is 3.44. The van der Waals surface area contributed by atoms with Gasteiger partial charge in [0.25, 0.3) is 0 Å². The summed E-state index contributed by atoms with van der Waals surface area (Å²) < 4.78 is 0.938. The summed E-state index contributed by atoms with van der Waals surface area (Å²) in [6.45, 7) is 0. The quantitative estimate of drug-likeness (QED) is 0.879. The summed E-state index contributed by atoms with van der Waals surface area (Å²) in [6, 6.07) is 5.03. The van der Waals surface area contributed by atoms with Gasteiger partial charge >= 0.3 is 5.97 Å². The Morgan fingerprint density at radius 3 is 3.00 bits per heavy atom. The van der Waals surface area contributed by atoms with E-state index in [0.717, 1.165) is 10.0 Å². The van der Waals surface area contributed by atoms with Gasteiger partial charge in [-0.3, -0.25) is 10.1 Å². The van der Waals surface area contributed by atoms with Crippen LogP contribution in [0.3, 0.4) is 0 Å². The normalized spacial score (nSPS) is 24.6. The summed E-state index contributed by atoms with van der Waals surface area (Å²) in [4.78, 5) is 10.8. The zero-order valence-corrected chi connectivity index (χ0v) is 11.3. The minimum absolute atomic E-state index is 0.0193. The van der Waals surface area contributed by atoms with Crippen LogP contribution in [0.1, 0.15) is 10.9 Å². The highest BCUT2D eigenvalue weighted by atomic mass is 79.9. The van der Waals surface area contributed by atoms with E-state index in [9.17, 15) is 4.79 Å². The van der Waals surface area contributed by atoms with E-state index in [0.29, 0.717) is 10.8 Å². The molecule has 6 heteroatoms. The van der Waals surface area contributed by atoms with Crippen LogP contribution in [0.2, 0.25) is 5.02 Å². The molecule has 2 N–H and O–H groups in total. The average molecular weight is 323 g/mol. The van der Waals surface area contributed by atoms with Crippen LogP contribution in [0, 0.1) is 0 Å². The highest BCUT2D eigenvalue weighted by molar-refractivity contribution is 9.10. The largest absolute Gasteiger partial charge is 0.480 e. The van der Waals surface area contributed by atoms with Gasteiger partial charge in [-0.2, -0.15) is 0 Å². The lowest BCUT2D eigenvalue weighted by molar-refractivity contribution is -0.138. The Labute approximate surface area is 111 Å². The first-order valence-electron chi connectivity index (χ1n) is 4.63. The van der Waals surface area contributed by atoms with E-state index in [1.807, 2.05) is 12.1 Å². The number of thioether (sulfide) groups is 1. The lowest BCUT2D eigenvalue weighted by Gasteiger charge is -2.13. The topological polar surface area (TPSA) is 49.3 Å². The second kappa shape index (κ2) is 4.96. The molecular formula is C10H9BrClNO2S. The molecule has 16 heavy (non-hydrogen) atoms. The molecule has 1 aromatic carbocycles. The average Bonchev–Trinajstić information content (AvgIpc) is 2.70. The molecule has 3 nitrogen and oxygen atoms in total. The number of carbonyl (C=O) groups is 1. The molecule has 1 heterocycles. The van der Waals surface area contributed by atoms with Crippen molar-refractivity contribution in [3.05, 3.63) is 33.3 Å². The molecule has 1 aromatic rings. The Morgan fingerprint density at radius 1 is 1.62 bits per heavy atom. The monoisotopic (exact) mass is 321 g/mol. The van der Waals surface area contributed by atoms with Gasteiger partial charge in [0, 0.05) is 15.2 Å². The number of benzene rings is 1. The number of hydrogen-bond acceptors (Lipinski definition) is 3. The molecule has 0 aromatic heterocycles. The highest BCUT2D eigenvalue weighted by Gasteiger charge is 2.31. The fourth-order valence-electron chi connectivity index (χ4n) is 1.51. The van der Waals surface area contributed by atoms with Crippen LogP contribution < -0.4 is 5.32 Å². The summed E-state index contributed by atoms with van der Waals surface area (Å²) in [5.74, 6) is -0.243. The Bertz CT molecular complexity index is 429. The van der Waals surface area contributed by atoms with Crippen molar-refractivity contribution in [3.8, 4) is 0 Å². The van der Waals surface area contributed by atoms with Gasteiger partial charge in [-0.1, -0.05) is 27.5 Å². The summed E-state index contributed by atoms with van der Waals surface area (Å²) >= 11 is 10.9. The molecular weight excluding hydrogens is 314 g/mol. The zero-order valence-electron chi connectivity index (χ0n) is 8.11. The first kappa shape index (κ1) is 12.2. The van der Waals surface area contributed by atoms with E-state index in [4.69, 9.17) is 16.7 Å². The van der Waals surface area contributed by atoms with Crippen LogP contribution in [0.4, 0.5) is 0 Å². The number of hydrogen-bond donors (Lipinski definition) is 2. The Balaban J connectivity index is 2.20. The molecule has 2 rings (SSSR count). The van der Waals surface area contributed by atoms with Gasteiger partial charge in [-0.25, -0.2) is 0 Å². The summed E-state index contributed by atoms with van der Waals surface area (Å²) in [6.07, 6.45) is 0. The Kier molecular flexibility index (Phi) is 3.79. The van der Waals surface area contributed by atoms with Crippen LogP contribution in [0.5, 0.6) is 0 Å². The van der Waals surface area contributed by atoms with Crippen molar-refractivity contribution in [3.63, 3.8) is 0 Å². The van der Waals surface area contributed by atoms with Gasteiger partial charge in [0.15, 0.2) is 0 Å². The number of aliphatic carboxylic acids is 1. The third kappa shape index (κ3) is 2.53. The molecule has 1 fully saturated rings. The molecule has 0 saturated carbocycles. The third-order valence-corrected chi connectivity index (χ3v) is 4.53. The molecule has 2 unspecified atom stereocenters. The predicted octanol–water partition coefficient (Wildman–Crippen LogP) is 2.89. The molecule has 2 atom stereocenters. The van der Waals surface area contributed by atoms with Crippen molar-refractivity contribution in [2.45, 2.75) is 11.4 Å². The van der Waals surface area contributed by atoms with Crippen LogP contribution >= 0.6 is 39.3 Å². The van der Waals surface area contributed by atoms with Gasteiger partial charge in [0.1, 0.15) is 6.04 Å². The number of nitrogens with one attached hydrogen (secondary N) is 1. The van der Waals surface area contributed by atoms with Gasteiger partial charge in [-0.15, -0.1) is 11.8 Å². The molecule has 0 aliphatic carbocycles. The lowest BCUT2D eigenvalue weighted by Crippen LogP contribution is -2.33. The smallest absolute Gasteiger partial charge is 0.321 e. The van der Waals surface area contributed by atoms with Crippen LogP contribution in [0.15, 0.2) is 22.7 Å². The van der Waals surface area contributed by atoms with Crippen LogP contribution in [0.25, 0.3) is 0 Å². The first-order chi connectivity index (χ1) is 7.58. The van der Waals surface area contributed by atoms with E-state index < -0.39 is 12.0 Å². The van der Waals surface area contributed by atoms with E-state index in [2.05, 4.69) is 21.2 Å². The number of halogens is 2. The van der Waals surface area contributed by atoms with Crippen molar-refractivity contribution in [1.82, 2.24) is 5.32 Å². The fraction of sp³-hybridized carbons (Fsp3) is 0.300. The number of carboxylic acid groups (broad SMARTS) is 1. The minimum atomic E-state index is -0.812. The second-order valence-corrected chi connectivity index (χ2v) is 5.87. The molecule has 1 saturated heterocycles. The number of carboxylic acids is 1. The van der Waals surface area contributed by atoms with Crippen LogP contribution in [-0.2, 0) is 4.79 Å². The third-order valence-electron chi connectivity index (χ3n) is 2.32. The standard InChI is InChI=1S/C10H9BrClNO2S/c11-7-2-1-5(12)3-6(7)9-13-8(4-16-9)10(14)15/h1-3,8-9,13H,4H2,(H,14,15). The maximum absolute atomic E-state index is 10.8.